The summed E-state index contributed by atoms with van der Waals surface area (Å²) in [4.78, 5) is 49.8. The van der Waals surface area contributed by atoms with Crippen LogP contribution in [0.3, 0.4) is 0 Å². The zero-order valence-electron chi connectivity index (χ0n) is 25.8. The molecule has 2 heterocycles. The van der Waals surface area contributed by atoms with Crippen LogP contribution < -0.4 is 0 Å². The summed E-state index contributed by atoms with van der Waals surface area (Å²) in [6, 6.07) is 0. The minimum absolute atomic E-state index is 0.0342. The fourth-order valence-corrected chi connectivity index (χ4v) is 7.17. The molecule has 2 atom stereocenters. The fraction of sp³-hybridized carbons (Fsp3) is 0.897. The molecule has 0 saturated carbocycles. The monoisotopic (exact) mass is 540 g/mol. The average molecular weight is 541 g/mol. The van der Waals surface area contributed by atoms with Gasteiger partial charge in [0.1, 0.15) is 18.0 Å². The van der Waals surface area contributed by atoms with Gasteiger partial charge < -0.3 is 23.9 Å². The zero-order chi connectivity index (χ0) is 29.3. The van der Waals surface area contributed by atoms with Crippen molar-refractivity contribution in [3.63, 3.8) is 0 Å². The third-order valence-corrected chi connectivity index (χ3v) is 7.95. The van der Waals surface area contributed by atoms with Gasteiger partial charge in [-0.2, -0.15) is 10.1 Å². The van der Waals surface area contributed by atoms with Crippen LogP contribution >= 0.6 is 0 Å². The molecule has 9 nitrogen and oxygen atoms in total. The van der Waals surface area contributed by atoms with Gasteiger partial charge in [0.25, 0.3) is 0 Å². The summed E-state index contributed by atoms with van der Waals surface area (Å²) in [6.45, 7) is 19.7. The zero-order valence-corrected chi connectivity index (χ0v) is 25.8. The van der Waals surface area contributed by atoms with E-state index in [-0.39, 0.29) is 59.0 Å². The number of carbonyl (C=O) groups is 3. The molecule has 0 aromatic rings. The lowest BCUT2D eigenvalue weighted by atomic mass is 9.80. The fourth-order valence-electron chi connectivity index (χ4n) is 7.17. The Morgan fingerprint density at radius 2 is 1.05 bits per heavy atom. The van der Waals surface area contributed by atoms with Crippen LogP contribution in [0, 0.1) is 11.8 Å². The van der Waals surface area contributed by atoms with Crippen molar-refractivity contribution in [2.24, 2.45) is 11.8 Å². The number of hydrogen-bond donors (Lipinski definition) is 0. The van der Waals surface area contributed by atoms with E-state index < -0.39 is 17.8 Å². The molecule has 0 spiro atoms. The molecule has 38 heavy (non-hydrogen) atoms. The Morgan fingerprint density at radius 1 is 0.711 bits per heavy atom. The van der Waals surface area contributed by atoms with Gasteiger partial charge in [0.2, 0.25) is 0 Å². The van der Waals surface area contributed by atoms with Crippen LogP contribution in [0.25, 0.3) is 0 Å². The summed E-state index contributed by atoms with van der Waals surface area (Å²) in [5.74, 6) is -2.16. The number of carbonyl (C=O) groups excluding carboxylic acids is 3. The van der Waals surface area contributed by atoms with Crippen LogP contribution in [0.1, 0.15) is 108 Å². The van der Waals surface area contributed by atoms with E-state index in [0.717, 1.165) is 0 Å². The van der Waals surface area contributed by atoms with Crippen molar-refractivity contribution in [2.45, 2.75) is 142 Å². The summed E-state index contributed by atoms with van der Waals surface area (Å²) in [5, 5.41) is 3.92. The van der Waals surface area contributed by atoms with Crippen molar-refractivity contribution < 1.29 is 33.5 Å². The van der Waals surface area contributed by atoms with E-state index >= 15 is 0 Å². The molecular weight excluding hydrogens is 488 g/mol. The Labute approximate surface area is 229 Å². The lowest BCUT2D eigenvalue weighted by Crippen LogP contribution is -2.61. The van der Waals surface area contributed by atoms with Crippen molar-refractivity contribution in [1.29, 1.82) is 0 Å². The molecule has 0 bridgehead atoms. The second-order valence-electron chi connectivity index (χ2n) is 13.9. The number of nitrogens with zero attached hydrogens (tertiary/aromatic N) is 2. The van der Waals surface area contributed by atoms with Gasteiger partial charge >= 0.3 is 11.9 Å². The summed E-state index contributed by atoms with van der Waals surface area (Å²) in [6.07, 6.45) is 2.12. The molecule has 2 fully saturated rings. The van der Waals surface area contributed by atoms with Gasteiger partial charge in [0, 0.05) is 54.3 Å². The van der Waals surface area contributed by atoms with Crippen molar-refractivity contribution in [3.8, 4) is 0 Å². The second-order valence-corrected chi connectivity index (χ2v) is 13.9. The highest BCUT2D eigenvalue weighted by Crippen LogP contribution is 2.41. The molecule has 0 radical (unpaired) electrons. The Morgan fingerprint density at radius 3 is 1.37 bits per heavy atom. The standard InChI is InChI=1S/C29H52N2O7/c1-19(24(33)37-22-15-26(3,4)30(35-11)27(5,6)16-22)13-21(14-20(2)32)25(34)38-23-17-28(7,8)31(36-12)29(9,10)18-23/h19,21-23H,13-18H2,1-12H3. The molecule has 0 amide bonds. The molecule has 0 aromatic carbocycles. The molecule has 2 rings (SSSR count). The number of piperidine rings is 2. The largest absolute Gasteiger partial charge is 0.462 e. The van der Waals surface area contributed by atoms with Gasteiger partial charge in [0.15, 0.2) is 0 Å². The smallest absolute Gasteiger partial charge is 0.309 e. The van der Waals surface area contributed by atoms with Crippen molar-refractivity contribution in [1.82, 2.24) is 10.1 Å². The Balaban J connectivity index is 2.07. The normalized spacial score (nSPS) is 25.4. The van der Waals surface area contributed by atoms with E-state index in [0.29, 0.717) is 25.7 Å². The second kappa shape index (κ2) is 11.9. The van der Waals surface area contributed by atoms with E-state index in [1.54, 1.807) is 21.1 Å². The number of hydroxylamine groups is 4. The molecule has 0 aromatic heterocycles. The predicted octanol–water partition coefficient (Wildman–Crippen LogP) is 4.86. The lowest BCUT2D eigenvalue weighted by Gasteiger charge is -2.52. The highest BCUT2D eigenvalue weighted by molar-refractivity contribution is 5.83. The van der Waals surface area contributed by atoms with Crippen LogP contribution in [0.5, 0.6) is 0 Å². The summed E-state index contributed by atoms with van der Waals surface area (Å²) in [5.41, 5.74) is -1.31. The SMILES string of the molecule is CON1C(C)(C)CC(OC(=O)C(C)CC(CC(C)=O)C(=O)OC2CC(C)(C)N(OC)C(C)(C)C2)CC1(C)C. The van der Waals surface area contributed by atoms with Crippen LogP contribution in [0.2, 0.25) is 0 Å². The van der Waals surface area contributed by atoms with Gasteiger partial charge in [-0.05, 0) is 68.7 Å². The first-order valence-corrected chi connectivity index (χ1v) is 13.8. The molecule has 220 valence electrons. The average Bonchev–Trinajstić information content (AvgIpc) is 2.69. The maximum absolute atomic E-state index is 13.3. The molecule has 0 aliphatic carbocycles. The first kappa shape index (κ1) is 32.7. The maximum atomic E-state index is 13.3. The van der Waals surface area contributed by atoms with Gasteiger partial charge in [-0.25, -0.2) is 0 Å². The maximum Gasteiger partial charge on any atom is 0.309 e. The molecule has 2 saturated heterocycles. The number of rotatable bonds is 10. The highest BCUT2D eigenvalue weighted by atomic mass is 16.7. The Kier molecular flexibility index (Phi) is 10.2. The number of ketones is 1. The van der Waals surface area contributed by atoms with Gasteiger partial charge in [-0.1, -0.05) is 6.92 Å². The predicted molar refractivity (Wildman–Crippen MR) is 145 cm³/mol. The molecule has 2 unspecified atom stereocenters. The van der Waals surface area contributed by atoms with E-state index in [2.05, 4.69) is 55.4 Å². The van der Waals surface area contributed by atoms with Gasteiger partial charge in [0.05, 0.1) is 26.1 Å². The van der Waals surface area contributed by atoms with Gasteiger partial charge in [-0.3, -0.25) is 9.59 Å². The van der Waals surface area contributed by atoms with E-state index in [4.69, 9.17) is 19.1 Å². The van der Waals surface area contributed by atoms with E-state index in [1.807, 2.05) is 10.1 Å². The molecule has 2 aliphatic rings. The topological polar surface area (TPSA) is 94.6 Å². The number of ether oxygens (including phenoxy) is 2. The summed E-state index contributed by atoms with van der Waals surface area (Å²) in [7, 11) is 3.32. The third-order valence-electron chi connectivity index (χ3n) is 7.95. The minimum atomic E-state index is -0.704. The van der Waals surface area contributed by atoms with Crippen LogP contribution in [0.4, 0.5) is 0 Å². The number of Topliss-reactive ketones (excluding diaryl/α,β-unsaturated/α-hetero) is 1. The summed E-state index contributed by atoms with van der Waals surface area (Å²) >= 11 is 0. The minimum Gasteiger partial charge on any atom is -0.462 e. The van der Waals surface area contributed by atoms with E-state index in [9.17, 15) is 14.4 Å². The Bertz CT molecular complexity index is 831. The van der Waals surface area contributed by atoms with Gasteiger partial charge in [-0.15, -0.1) is 0 Å². The number of hydrogen-bond acceptors (Lipinski definition) is 9. The van der Waals surface area contributed by atoms with Crippen molar-refractivity contribution >= 4 is 17.7 Å². The molecule has 0 N–H and O–H groups in total. The first-order chi connectivity index (χ1) is 17.3. The molecule has 9 heteroatoms. The van der Waals surface area contributed by atoms with Crippen molar-refractivity contribution in [3.05, 3.63) is 0 Å². The quantitative estimate of drug-likeness (QED) is 0.360. The Hall–Kier alpha value is -1.55. The molecule has 2 aliphatic heterocycles. The lowest BCUT2D eigenvalue weighted by molar-refractivity contribution is -0.278. The van der Waals surface area contributed by atoms with Crippen LogP contribution in [-0.2, 0) is 33.5 Å². The highest BCUT2D eigenvalue weighted by Gasteiger charge is 2.49. The van der Waals surface area contributed by atoms with Crippen molar-refractivity contribution in [2.75, 3.05) is 14.2 Å². The molecular formula is C29H52N2O7. The van der Waals surface area contributed by atoms with E-state index in [1.165, 1.54) is 6.92 Å². The third kappa shape index (κ3) is 7.77. The first-order valence-electron chi connectivity index (χ1n) is 13.8. The van der Waals surface area contributed by atoms with Crippen LogP contribution in [-0.4, -0.2) is 76.4 Å². The number of esters is 2. The summed E-state index contributed by atoms with van der Waals surface area (Å²) < 4.78 is 11.9. The van der Waals surface area contributed by atoms with Crippen LogP contribution in [0.15, 0.2) is 0 Å².